The van der Waals surface area contributed by atoms with Crippen LogP contribution in [-0.2, 0) is 11.3 Å². The van der Waals surface area contributed by atoms with Gasteiger partial charge in [-0.2, -0.15) is 0 Å². The highest BCUT2D eigenvalue weighted by molar-refractivity contribution is 6.33. The Morgan fingerprint density at radius 1 is 1.30 bits per heavy atom. The number of morpholine rings is 1. The summed E-state index contributed by atoms with van der Waals surface area (Å²) >= 11 is 12.2. The maximum absolute atomic E-state index is 12.3. The highest BCUT2D eigenvalue weighted by Crippen LogP contribution is 2.28. The number of phenols is 1. The predicted octanol–water partition coefficient (Wildman–Crippen LogP) is 2.91. The number of carbonyl (C=O) groups excluding carboxylic acids is 1. The second-order valence-electron chi connectivity index (χ2n) is 6.42. The number of carbonyl (C=O) groups is 1. The monoisotopic (exact) mass is 409 g/mol. The molecule has 0 radical (unpaired) electrons. The third-order valence-electron chi connectivity index (χ3n) is 4.42. The SMILES string of the molecule is Nc1cc(O)c(C(=O)NCC2CN(Cc3ccccc3Cl)CCO2)cc1Cl. The quantitative estimate of drug-likeness (QED) is 0.660. The fourth-order valence-electron chi connectivity index (χ4n) is 2.98. The predicted molar refractivity (Wildman–Crippen MR) is 106 cm³/mol. The van der Waals surface area contributed by atoms with Crippen molar-refractivity contribution in [3.63, 3.8) is 0 Å². The molecule has 144 valence electrons. The van der Waals surface area contributed by atoms with Gasteiger partial charge in [0, 0.05) is 37.3 Å². The molecule has 1 atom stereocenters. The number of nitrogen functional groups attached to an aromatic ring is 1. The van der Waals surface area contributed by atoms with Crippen LogP contribution in [0.5, 0.6) is 5.75 Å². The van der Waals surface area contributed by atoms with E-state index < -0.39 is 5.91 Å². The van der Waals surface area contributed by atoms with Crippen molar-refractivity contribution >= 4 is 34.8 Å². The van der Waals surface area contributed by atoms with Crippen molar-refractivity contribution < 1.29 is 14.6 Å². The molecule has 4 N–H and O–H groups in total. The molecular weight excluding hydrogens is 389 g/mol. The molecule has 1 fully saturated rings. The number of nitrogens with two attached hydrogens (primary N) is 1. The van der Waals surface area contributed by atoms with Crippen LogP contribution in [0, 0.1) is 0 Å². The lowest BCUT2D eigenvalue weighted by Gasteiger charge is -2.33. The second-order valence-corrected chi connectivity index (χ2v) is 7.23. The largest absolute Gasteiger partial charge is 0.507 e. The van der Waals surface area contributed by atoms with Gasteiger partial charge in [0.15, 0.2) is 0 Å². The van der Waals surface area contributed by atoms with Gasteiger partial charge in [-0.1, -0.05) is 41.4 Å². The Morgan fingerprint density at radius 2 is 2.07 bits per heavy atom. The van der Waals surface area contributed by atoms with Crippen LogP contribution in [0.4, 0.5) is 5.69 Å². The van der Waals surface area contributed by atoms with E-state index in [0.29, 0.717) is 19.7 Å². The van der Waals surface area contributed by atoms with E-state index in [9.17, 15) is 9.90 Å². The maximum atomic E-state index is 12.3. The number of benzene rings is 2. The number of phenolic OH excluding ortho intramolecular Hbond substituents is 1. The molecular formula is C19H21Cl2N3O3. The Bertz CT molecular complexity index is 832. The third-order valence-corrected chi connectivity index (χ3v) is 5.12. The van der Waals surface area contributed by atoms with E-state index in [1.165, 1.54) is 12.1 Å². The van der Waals surface area contributed by atoms with Crippen LogP contribution in [0.15, 0.2) is 36.4 Å². The molecule has 3 rings (SSSR count). The van der Waals surface area contributed by atoms with Gasteiger partial charge < -0.3 is 20.9 Å². The summed E-state index contributed by atoms with van der Waals surface area (Å²) in [4.78, 5) is 14.6. The Labute approximate surface area is 167 Å². The topological polar surface area (TPSA) is 87.8 Å². The van der Waals surface area contributed by atoms with E-state index in [1.807, 2.05) is 24.3 Å². The summed E-state index contributed by atoms with van der Waals surface area (Å²) in [5, 5.41) is 13.6. The number of halogens is 2. The zero-order valence-corrected chi connectivity index (χ0v) is 16.1. The van der Waals surface area contributed by atoms with E-state index in [4.69, 9.17) is 33.7 Å². The van der Waals surface area contributed by atoms with Crippen LogP contribution in [0.2, 0.25) is 10.0 Å². The lowest BCUT2D eigenvalue weighted by atomic mass is 10.1. The molecule has 1 aliphatic heterocycles. The molecule has 1 aliphatic rings. The first-order valence-electron chi connectivity index (χ1n) is 8.57. The number of nitrogens with zero attached hydrogens (tertiary/aromatic N) is 1. The van der Waals surface area contributed by atoms with Gasteiger partial charge in [0.2, 0.25) is 0 Å². The summed E-state index contributed by atoms with van der Waals surface area (Å²) in [5.41, 5.74) is 6.97. The molecule has 27 heavy (non-hydrogen) atoms. The number of aromatic hydroxyl groups is 1. The lowest BCUT2D eigenvalue weighted by molar-refractivity contribution is -0.0292. The summed E-state index contributed by atoms with van der Waals surface area (Å²) in [6.45, 7) is 3.08. The highest BCUT2D eigenvalue weighted by atomic mass is 35.5. The Balaban J connectivity index is 1.56. The molecule has 1 heterocycles. The molecule has 0 saturated carbocycles. The summed E-state index contributed by atoms with van der Waals surface area (Å²) in [7, 11) is 0. The van der Waals surface area contributed by atoms with Crippen LogP contribution in [0.3, 0.4) is 0 Å². The van der Waals surface area contributed by atoms with E-state index in [0.717, 1.165) is 23.7 Å². The van der Waals surface area contributed by atoms with Gasteiger partial charge >= 0.3 is 0 Å². The standard InChI is InChI=1S/C19H21Cl2N3O3/c20-15-4-2-1-3-12(15)10-24-5-6-27-13(11-24)9-23-19(26)14-7-16(21)17(22)8-18(14)25/h1-4,7-8,13,25H,5-6,9-11,22H2,(H,23,26). The number of ether oxygens (including phenoxy) is 1. The smallest absolute Gasteiger partial charge is 0.255 e. The Morgan fingerprint density at radius 3 is 2.85 bits per heavy atom. The maximum Gasteiger partial charge on any atom is 0.255 e. The number of hydrogen-bond donors (Lipinski definition) is 3. The van der Waals surface area contributed by atoms with Crippen molar-refractivity contribution in [2.45, 2.75) is 12.6 Å². The van der Waals surface area contributed by atoms with Crippen LogP contribution >= 0.6 is 23.2 Å². The number of nitrogens with one attached hydrogen (secondary N) is 1. The summed E-state index contributed by atoms with van der Waals surface area (Å²) in [6, 6.07) is 10.4. The molecule has 1 unspecified atom stereocenters. The second kappa shape index (κ2) is 8.80. The number of amides is 1. The number of rotatable bonds is 5. The first-order valence-corrected chi connectivity index (χ1v) is 9.33. The van der Waals surface area contributed by atoms with Gasteiger partial charge in [0.1, 0.15) is 5.75 Å². The average Bonchev–Trinajstić information content (AvgIpc) is 2.65. The van der Waals surface area contributed by atoms with Gasteiger partial charge in [-0.05, 0) is 17.7 Å². The summed E-state index contributed by atoms with van der Waals surface area (Å²) in [6.07, 6.45) is -0.156. The zero-order valence-electron chi connectivity index (χ0n) is 14.6. The van der Waals surface area contributed by atoms with Crippen molar-refractivity contribution in [3.05, 3.63) is 57.6 Å². The van der Waals surface area contributed by atoms with Crippen LogP contribution < -0.4 is 11.1 Å². The normalized spacial score (nSPS) is 17.6. The summed E-state index contributed by atoms with van der Waals surface area (Å²) in [5.74, 6) is -0.638. The highest BCUT2D eigenvalue weighted by Gasteiger charge is 2.22. The Kier molecular flexibility index (Phi) is 6.44. The molecule has 8 heteroatoms. The molecule has 6 nitrogen and oxygen atoms in total. The van der Waals surface area contributed by atoms with Crippen molar-refractivity contribution in [3.8, 4) is 5.75 Å². The van der Waals surface area contributed by atoms with E-state index in [1.54, 1.807) is 0 Å². The first kappa shape index (κ1) is 19.8. The third kappa shape index (κ3) is 5.05. The van der Waals surface area contributed by atoms with Crippen LogP contribution in [0.25, 0.3) is 0 Å². The molecule has 0 aromatic heterocycles. The minimum Gasteiger partial charge on any atom is -0.507 e. The molecule has 1 saturated heterocycles. The van der Waals surface area contributed by atoms with E-state index in [2.05, 4.69) is 10.2 Å². The van der Waals surface area contributed by atoms with Gasteiger partial charge in [0.05, 0.1) is 29.0 Å². The summed E-state index contributed by atoms with van der Waals surface area (Å²) < 4.78 is 5.74. The van der Waals surface area contributed by atoms with Gasteiger partial charge in [-0.3, -0.25) is 9.69 Å². The van der Waals surface area contributed by atoms with Gasteiger partial charge in [-0.15, -0.1) is 0 Å². The molecule has 2 aromatic carbocycles. The lowest BCUT2D eigenvalue weighted by Crippen LogP contribution is -2.47. The van der Waals surface area contributed by atoms with Crippen LogP contribution in [0.1, 0.15) is 15.9 Å². The zero-order chi connectivity index (χ0) is 19.4. The number of anilines is 1. The number of hydrogen-bond acceptors (Lipinski definition) is 5. The van der Waals surface area contributed by atoms with Crippen molar-refractivity contribution in [2.75, 3.05) is 32.0 Å². The van der Waals surface area contributed by atoms with Gasteiger partial charge in [-0.25, -0.2) is 0 Å². The van der Waals surface area contributed by atoms with Crippen LogP contribution in [-0.4, -0.2) is 48.3 Å². The van der Waals surface area contributed by atoms with E-state index >= 15 is 0 Å². The molecule has 0 spiro atoms. The molecule has 0 aliphatic carbocycles. The first-order chi connectivity index (χ1) is 12.9. The molecule has 2 aromatic rings. The Hall–Kier alpha value is -1.99. The molecule has 0 bridgehead atoms. The van der Waals surface area contributed by atoms with Crippen molar-refractivity contribution in [1.82, 2.24) is 10.2 Å². The fraction of sp³-hybridized carbons (Fsp3) is 0.316. The minimum absolute atomic E-state index is 0.0814. The minimum atomic E-state index is -0.429. The van der Waals surface area contributed by atoms with E-state index in [-0.39, 0.29) is 28.1 Å². The fourth-order valence-corrected chi connectivity index (χ4v) is 3.34. The van der Waals surface area contributed by atoms with Gasteiger partial charge in [0.25, 0.3) is 5.91 Å². The average molecular weight is 410 g/mol. The van der Waals surface area contributed by atoms with Crippen molar-refractivity contribution in [2.24, 2.45) is 0 Å². The molecule has 1 amide bonds. The van der Waals surface area contributed by atoms with Crippen molar-refractivity contribution in [1.29, 1.82) is 0 Å².